The van der Waals surface area contributed by atoms with Gasteiger partial charge in [0.15, 0.2) is 5.96 Å². The lowest BCUT2D eigenvalue weighted by Crippen LogP contribution is -2.43. The quantitative estimate of drug-likeness (QED) is 0.535. The number of anilines is 1. The number of rotatable bonds is 7. The summed E-state index contributed by atoms with van der Waals surface area (Å²) in [6.45, 7) is 5.23. The molecule has 0 radical (unpaired) electrons. The summed E-state index contributed by atoms with van der Waals surface area (Å²) in [5.74, 6) is 0.645. The van der Waals surface area contributed by atoms with E-state index >= 15 is 0 Å². The van der Waals surface area contributed by atoms with Crippen LogP contribution in [-0.2, 0) is 4.79 Å². The van der Waals surface area contributed by atoms with Crippen LogP contribution in [0.2, 0.25) is 0 Å². The minimum absolute atomic E-state index is 0.0972. The summed E-state index contributed by atoms with van der Waals surface area (Å²) < 4.78 is 12.8. The van der Waals surface area contributed by atoms with E-state index in [4.69, 9.17) is 0 Å². The van der Waals surface area contributed by atoms with Crippen LogP contribution >= 0.6 is 0 Å². The van der Waals surface area contributed by atoms with E-state index in [2.05, 4.69) is 34.8 Å². The second-order valence-corrected chi connectivity index (χ2v) is 5.04. The minimum atomic E-state index is -0.331. The molecule has 5 nitrogen and oxygen atoms in total. The number of amides is 1. The van der Waals surface area contributed by atoms with E-state index in [0.29, 0.717) is 17.6 Å². The van der Waals surface area contributed by atoms with Gasteiger partial charge in [0.05, 0.1) is 6.54 Å². The van der Waals surface area contributed by atoms with E-state index in [1.54, 1.807) is 7.05 Å². The predicted molar refractivity (Wildman–Crippen MR) is 88.5 cm³/mol. The van der Waals surface area contributed by atoms with Crippen molar-refractivity contribution in [1.82, 2.24) is 10.6 Å². The molecule has 22 heavy (non-hydrogen) atoms. The molecule has 0 aliphatic heterocycles. The molecule has 1 aromatic rings. The molecule has 122 valence electrons. The molecule has 1 amide bonds. The van der Waals surface area contributed by atoms with Crippen LogP contribution in [-0.4, -0.2) is 32.0 Å². The van der Waals surface area contributed by atoms with Crippen molar-refractivity contribution < 1.29 is 9.18 Å². The Morgan fingerprint density at radius 3 is 2.36 bits per heavy atom. The number of hydrogen-bond acceptors (Lipinski definition) is 2. The summed E-state index contributed by atoms with van der Waals surface area (Å²) in [6, 6.07) is 5.65. The van der Waals surface area contributed by atoms with Gasteiger partial charge in [0.25, 0.3) is 0 Å². The number of nitrogens with one attached hydrogen (secondary N) is 3. The summed E-state index contributed by atoms with van der Waals surface area (Å²) in [5.41, 5.74) is 0.563. The first-order valence-corrected chi connectivity index (χ1v) is 7.58. The number of carbonyl (C=O) groups excluding carboxylic acids is 1. The molecule has 0 saturated heterocycles. The Labute approximate surface area is 131 Å². The molecule has 6 heteroatoms. The number of guanidine groups is 1. The zero-order valence-electron chi connectivity index (χ0n) is 13.4. The first kappa shape index (κ1) is 17.9. The highest BCUT2D eigenvalue weighted by molar-refractivity contribution is 5.94. The van der Waals surface area contributed by atoms with Crippen LogP contribution in [0.4, 0.5) is 10.1 Å². The average molecular weight is 308 g/mol. The second kappa shape index (κ2) is 9.76. The maximum Gasteiger partial charge on any atom is 0.243 e. The van der Waals surface area contributed by atoms with Crippen molar-refractivity contribution in [2.24, 2.45) is 10.9 Å². The molecular formula is C16H25FN4O. The van der Waals surface area contributed by atoms with Crippen molar-refractivity contribution in [1.29, 1.82) is 0 Å². The Kier molecular flexibility index (Phi) is 7.96. The molecule has 0 bridgehead atoms. The lowest BCUT2D eigenvalue weighted by molar-refractivity contribution is -0.115. The normalized spacial score (nSPS) is 11.4. The minimum Gasteiger partial charge on any atom is -0.356 e. The topological polar surface area (TPSA) is 65.5 Å². The Morgan fingerprint density at radius 2 is 1.82 bits per heavy atom. The lowest BCUT2D eigenvalue weighted by atomic mass is 10.0. The van der Waals surface area contributed by atoms with Crippen LogP contribution < -0.4 is 16.0 Å². The number of halogens is 1. The number of benzene rings is 1. The molecule has 0 atom stereocenters. The molecule has 1 aromatic carbocycles. The third kappa shape index (κ3) is 6.56. The molecule has 0 spiro atoms. The molecule has 0 unspecified atom stereocenters. The third-order valence-electron chi connectivity index (χ3n) is 3.48. The fourth-order valence-electron chi connectivity index (χ4n) is 1.94. The van der Waals surface area contributed by atoms with Gasteiger partial charge in [0.1, 0.15) is 5.82 Å². The second-order valence-electron chi connectivity index (χ2n) is 5.04. The van der Waals surface area contributed by atoms with Crippen LogP contribution in [0, 0.1) is 11.7 Å². The van der Waals surface area contributed by atoms with Gasteiger partial charge in [-0.05, 0) is 30.2 Å². The van der Waals surface area contributed by atoms with Gasteiger partial charge in [-0.25, -0.2) is 4.39 Å². The zero-order chi connectivity index (χ0) is 16.4. The van der Waals surface area contributed by atoms with Crippen molar-refractivity contribution in [2.45, 2.75) is 26.7 Å². The molecule has 0 saturated carbocycles. The van der Waals surface area contributed by atoms with Crippen molar-refractivity contribution in [3.63, 3.8) is 0 Å². The van der Waals surface area contributed by atoms with Crippen molar-refractivity contribution in [2.75, 3.05) is 25.5 Å². The standard InChI is InChI=1S/C16H25FN4O/c1-4-12(5-2)10-19-16(18-3)20-11-15(22)21-14-8-6-13(17)7-9-14/h6-9,12H,4-5,10-11H2,1-3H3,(H,21,22)(H2,18,19,20). The van der Waals surface area contributed by atoms with E-state index in [1.165, 1.54) is 24.3 Å². The smallest absolute Gasteiger partial charge is 0.243 e. The first-order valence-electron chi connectivity index (χ1n) is 7.58. The number of hydrogen-bond donors (Lipinski definition) is 3. The Morgan fingerprint density at radius 1 is 1.18 bits per heavy atom. The summed E-state index contributed by atoms with van der Waals surface area (Å²) in [6.07, 6.45) is 2.21. The Bertz CT molecular complexity index is 483. The molecule has 1 rings (SSSR count). The van der Waals surface area contributed by atoms with Gasteiger partial charge in [0.2, 0.25) is 5.91 Å². The van der Waals surface area contributed by atoms with Gasteiger partial charge in [0, 0.05) is 19.3 Å². The van der Waals surface area contributed by atoms with Crippen LogP contribution in [0.1, 0.15) is 26.7 Å². The predicted octanol–water partition coefficient (Wildman–Crippen LogP) is 2.37. The maximum absolute atomic E-state index is 12.8. The summed E-state index contributed by atoms with van der Waals surface area (Å²) in [7, 11) is 1.67. The molecule has 0 aliphatic rings. The fraction of sp³-hybridized carbons (Fsp3) is 0.500. The number of aliphatic imine (C=N–C) groups is 1. The summed E-state index contributed by atoms with van der Waals surface area (Å²) in [5, 5.41) is 8.85. The Balaban J connectivity index is 2.36. The summed E-state index contributed by atoms with van der Waals surface area (Å²) in [4.78, 5) is 15.9. The van der Waals surface area contributed by atoms with E-state index in [0.717, 1.165) is 19.4 Å². The number of nitrogens with zero attached hydrogens (tertiary/aromatic N) is 1. The molecule has 0 heterocycles. The van der Waals surface area contributed by atoms with E-state index < -0.39 is 0 Å². The average Bonchev–Trinajstić information content (AvgIpc) is 2.53. The maximum atomic E-state index is 12.8. The highest BCUT2D eigenvalue weighted by Crippen LogP contribution is 2.07. The van der Waals surface area contributed by atoms with Crippen molar-refractivity contribution >= 4 is 17.6 Å². The highest BCUT2D eigenvalue weighted by atomic mass is 19.1. The third-order valence-corrected chi connectivity index (χ3v) is 3.48. The van der Waals surface area contributed by atoms with Crippen LogP contribution in [0.25, 0.3) is 0 Å². The van der Waals surface area contributed by atoms with Gasteiger partial charge in [-0.2, -0.15) is 0 Å². The molecule has 0 fully saturated rings. The SMILES string of the molecule is CCC(CC)CNC(=NC)NCC(=O)Nc1ccc(F)cc1. The molecular weight excluding hydrogens is 283 g/mol. The zero-order valence-corrected chi connectivity index (χ0v) is 13.4. The van der Waals surface area contributed by atoms with Gasteiger partial charge < -0.3 is 16.0 Å². The number of carbonyl (C=O) groups is 1. The van der Waals surface area contributed by atoms with E-state index in [1.807, 2.05) is 0 Å². The van der Waals surface area contributed by atoms with Crippen molar-refractivity contribution in [3.05, 3.63) is 30.1 Å². The van der Waals surface area contributed by atoms with Crippen LogP contribution in [0.15, 0.2) is 29.3 Å². The van der Waals surface area contributed by atoms with Crippen LogP contribution in [0.3, 0.4) is 0 Å². The van der Waals surface area contributed by atoms with Gasteiger partial charge >= 0.3 is 0 Å². The van der Waals surface area contributed by atoms with Gasteiger partial charge in [-0.1, -0.05) is 26.7 Å². The highest BCUT2D eigenvalue weighted by Gasteiger charge is 2.07. The summed E-state index contributed by atoms with van der Waals surface area (Å²) >= 11 is 0. The lowest BCUT2D eigenvalue weighted by Gasteiger charge is -2.16. The van der Waals surface area contributed by atoms with E-state index in [-0.39, 0.29) is 18.3 Å². The monoisotopic (exact) mass is 308 g/mol. The first-order chi connectivity index (χ1) is 10.6. The largest absolute Gasteiger partial charge is 0.356 e. The van der Waals surface area contributed by atoms with Crippen LogP contribution in [0.5, 0.6) is 0 Å². The van der Waals surface area contributed by atoms with Crippen molar-refractivity contribution in [3.8, 4) is 0 Å². The molecule has 0 aliphatic carbocycles. The van der Waals surface area contributed by atoms with Gasteiger partial charge in [-0.3, -0.25) is 9.79 Å². The molecule has 3 N–H and O–H groups in total. The van der Waals surface area contributed by atoms with Gasteiger partial charge in [-0.15, -0.1) is 0 Å². The van der Waals surface area contributed by atoms with E-state index in [9.17, 15) is 9.18 Å². The fourth-order valence-corrected chi connectivity index (χ4v) is 1.94. The Hall–Kier alpha value is -2.11. The molecule has 0 aromatic heterocycles.